The predicted octanol–water partition coefficient (Wildman–Crippen LogP) is 4.67. The fourth-order valence-corrected chi connectivity index (χ4v) is 4.03. The lowest BCUT2D eigenvalue weighted by atomic mass is 9.99. The summed E-state index contributed by atoms with van der Waals surface area (Å²) in [5.41, 5.74) is 1.45. The Morgan fingerprint density at radius 2 is 1.97 bits per heavy atom. The summed E-state index contributed by atoms with van der Waals surface area (Å²) in [5, 5.41) is 7.08. The van der Waals surface area contributed by atoms with Gasteiger partial charge in [-0.25, -0.2) is 9.40 Å². The van der Waals surface area contributed by atoms with Crippen molar-refractivity contribution in [3.8, 4) is 0 Å². The van der Waals surface area contributed by atoms with E-state index in [4.69, 9.17) is 0 Å². The quantitative estimate of drug-likeness (QED) is 0.506. The van der Waals surface area contributed by atoms with Crippen LogP contribution in [-0.2, 0) is 4.79 Å². The number of nitrogens with zero attached hydrogens (tertiary/aromatic N) is 4. The SMILES string of the molecule is C=C1C=CC(SCC(=O)N2CCC(C)CC2)=NN1C(=NCCC)c1ccc(F)cc1. The smallest absolute Gasteiger partial charge is 0.232 e. The number of allylic oxidation sites excluding steroid dienone is 1. The molecule has 0 atom stereocenters. The van der Waals surface area contributed by atoms with Gasteiger partial charge >= 0.3 is 0 Å². The van der Waals surface area contributed by atoms with E-state index in [9.17, 15) is 9.18 Å². The molecule has 0 radical (unpaired) electrons. The molecule has 0 unspecified atom stereocenters. The zero-order valence-electron chi connectivity index (χ0n) is 17.7. The van der Waals surface area contributed by atoms with E-state index in [0.717, 1.165) is 43.0 Å². The molecular formula is C23H29FN4OS. The lowest BCUT2D eigenvalue weighted by molar-refractivity contribution is -0.129. The van der Waals surface area contributed by atoms with E-state index in [1.165, 1.54) is 23.9 Å². The second-order valence-electron chi connectivity index (χ2n) is 7.64. The molecule has 30 heavy (non-hydrogen) atoms. The molecular weight excluding hydrogens is 399 g/mol. The largest absolute Gasteiger partial charge is 0.342 e. The number of amidine groups is 1. The van der Waals surface area contributed by atoms with Gasteiger partial charge in [-0.05, 0) is 61.6 Å². The molecule has 160 valence electrons. The number of piperidine rings is 1. The summed E-state index contributed by atoms with van der Waals surface area (Å²) < 4.78 is 13.4. The van der Waals surface area contributed by atoms with Gasteiger partial charge in [0.2, 0.25) is 5.91 Å². The highest BCUT2D eigenvalue weighted by atomic mass is 32.2. The van der Waals surface area contributed by atoms with E-state index >= 15 is 0 Å². The van der Waals surface area contributed by atoms with Gasteiger partial charge in [-0.15, -0.1) is 0 Å². The molecule has 3 rings (SSSR count). The van der Waals surface area contributed by atoms with E-state index in [1.54, 1.807) is 17.1 Å². The van der Waals surface area contributed by atoms with Crippen LogP contribution in [0.4, 0.5) is 4.39 Å². The fraction of sp³-hybridized carbons (Fsp3) is 0.435. The number of halogens is 1. The van der Waals surface area contributed by atoms with E-state index < -0.39 is 0 Å². The molecule has 0 spiro atoms. The molecule has 2 aliphatic heterocycles. The molecule has 0 saturated carbocycles. The number of hydrogen-bond donors (Lipinski definition) is 0. The van der Waals surface area contributed by atoms with Crippen LogP contribution in [-0.4, -0.2) is 52.1 Å². The second-order valence-corrected chi connectivity index (χ2v) is 8.63. The predicted molar refractivity (Wildman–Crippen MR) is 123 cm³/mol. The first-order valence-corrected chi connectivity index (χ1v) is 11.4. The van der Waals surface area contributed by atoms with Crippen molar-refractivity contribution in [3.05, 3.63) is 60.1 Å². The summed E-state index contributed by atoms with van der Waals surface area (Å²) in [7, 11) is 0. The van der Waals surface area contributed by atoms with Crippen LogP contribution < -0.4 is 0 Å². The van der Waals surface area contributed by atoms with Gasteiger partial charge in [0.15, 0.2) is 5.84 Å². The lowest BCUT2D eigenvalue weighted by Crippen LogP contribution is -2.39. The highest BCUT2D eigenvalue weighted by molar-refractivity contribution is 8.14. The standard InChI is InChI=1S/C23H29FN4OS/c1-4-13-25-23(19-6-8-20(24)9-7-19)28-18(3)5-10-21(26-28)30-16-22(29)27-14-11-17(2)12-15-27/h5-10,17H,3-4,11-16H2,1-2H3. The van der Waals surface area contributed by atoms with Gasteiger partial charge in [0.25, 0.3) is 0 Å². The van der Waals surface area contributed by atoms with Crippen LogP contribution in [0.15, 0.2) is 58.8 Å². The molecule has 7 heteroatoms. The van der Waals surface area contributed by atoms with Crippen LogP contribution in [0.3, 0.4) is 0 Å². The molecule has 2 heterocycles. The zero-order chi connectivity index (χ0) is 21.5. The molecule has 1 fully saturated rings. The number of carbonyl (C=O) groups is 1. The molecule has 2 aliphatic rings. The zero-order valence-corrected chi connectivity index (χ0v) is 18.5. The van der Waals surface area contributed by atoms with Crippen LogP contribution in [0, 0.1) is 11.7 Å². The van der Waals surface area contributed by atoms with E-state index in [0.29, 0.717) is 29.7 Å². The molecule has 0 aliphatic carbocycles. The summed E-state index contributed by atoms with van der Waals surface area (Å²) in [5.74, 6) is 1.53. The number of hydrazone groups is 1. The molecule has 1 saturated heterocycles. The number of hydrogen-bond acceptors (Lipinski definition) is 4. The van der Waals surface area contributed by atoms with Crippen LogP contribution >= 0.6 is 11.8 Å². The number of thioether (sulfide) groups is 1. The average molecular weight is 429 g/mol. The number of amides is 1. The Morgan fingerprint density at radius 1 is 1.27 bits per heavy atom. The van der Waals surface area contributed by atoms with Gasteiger partial charge in [0.05, 0.1) is 11.4 Å². The number of aliphatic imine (C=N–C) groups is 1. The minimum absolute atomic E-state index is 0.150. The van der Waals surface area contributed by atoms with E-state index in [2.05, 4.69) is 23.6 Å². The first-order chi connectivity index (χ1) is 14.5. The third-order valence-corrected chi connectivity index (χ3v) is 6.06. The highest BCUT2D eigenvalue weighted by Crippen LogP contribution is 2.22. The van der Waals surface area contributed by atoms with Crippen molar-refractivity contribution in [2.45, 2.75) is 33.1 Å². The number of rotatable bonds is 5. The minimum Gasteiger partial charge on any atom is -0.342 e. The van der Waals surface area contributed by atoms with Gasteiger partial charge < -0.3 is 4.90 Å². The maximum atomic E-state index is 13.4. The molecule has 1 amide bonds. The van der Waals surface area contributed by atoms with E-state index in [1.807, 2.05) is 24.0 Å². The van der Waals surface area contributed by atoms with Crippen LogP contribution in [0.25, 0.3) is 0 Å². The summed E-state index contributed by atoms with van der Waals surface area (Å²) in [6, 6.07) is 6.21. The van der Waals surface area contributed by atoms with Crippen molar-refractivity contribution < 1.29 is 9.18 Å². The van der Waals surface area contributed by atoms with Crippen LogP contribution in [0.5, 0.6) is 0 Å². The van der Waals surface area contributed by atoms with Crippen molar-refractivity contribution in [2.75, 3.05) is 25.4 Å². The number of likely N-dealkylation sites (tertiary alicyclic amines) is 1. The summed E-state index contributed by atoms with van der Waals surface area (Å²) in [6.45, 7) is 10.7. The highest BCUT2D eigenvalue weighted by Gasteiger charge is 2.22. The Kier molecular flexibility index (Phi) is 7.85. The Labute approximate surface area is 182 Å². The second kappa shape index (κ2) is 10.6. The van der Waals surface area contributed by atoms with Gasteiger partial charge in [-0.2, -0.15) is 5.10 Å². The van der Waals surface area contributed by atoms with Gasteiger partial charge in [-0.1, -0.05) is 32.2 Å². The molecule has 5 nitrogen and oxygen atoms in total. The monoisotopic (exact) mass is 428 g/mol. The maximum Gasteiger partial charge on any atom is 0.232 e. The Morgan fingerprint density at radius 3 is 2.63 bits per heavy atom. The third-order valence-electron chi connectivity index (χ3n) is 5.16. The first kappa shape index (κ1) is 22.3. The van der Waals surface area contributed by atoms with Crippen LogP contribution in [0.2, 0.25) is 0 Å². The molecule has 0 bridgehead atoms. The van der Waals surface area contributed by atoms with Crippen molar-refractivity contribution in [1.82, 2.24) is 9.91 Å². The number of carbonyl (C=O) groups excluding carboxylic acids is 1. The van der Waals surface area contributed by atoms with Crippen molar-refractivity contribution in [3.63, 3.8) is 0 Å². The van der Waals surface area contributed by atoms with Gasteiger partial charge in [-0.3, -0.25) is 9.79 Å². The van der Waals surface area contributed by atoms with Gasteiger partial charge in [0, 0.05) is 25.2 Å². The molecule has 1 aromatic carbocycles. The number of benzene rings is 1. The Balaban J connectivity index is 1.72. The molecule has 0 aromatic heterocycles. The molecule has 1 aromatic rings. The van der Waals surface area contributed by atoms with Crippen molar-refractivity contribution in [1.29, 1.82) is 0 Å². The van der Waals surface area contributed by atoms with E-state index in [-0.39, 0.29) is 11.7 Å². The normalized spacial score (nSPS) is 18.0. The topological polar surface area (TPSA) is 48.3 Å². The van der Waals surface area contributed by atoms with Crippen LogP contribution in [0.1, 0.15) is 38.7 Å². The fourth-order valence-electron chi connectivity index (χ4n) is 3.28. The summed E-state index contributed by atoms with van der Waals surface area (Å²) >= 11 is 1.42. The average Bonchev–Trinajstić information content (AvgIpc) is 2.75. The van der Waals surface area contributed by atoms with Gasteiger partial charge in [0.1, 0.15) is 10.9 Å². The summed E-state index contributed by atoms with van der Waals surface area (Å²) in [6.07, 6.45) is 6.76. The van der Waals surface area contributed by atoms with Crippen molar-refractivity contribution in [2.24, 2.45) is 16.0 Å². The van der Waals surface area contributed by atoms with Crippen molar-refractivity contribution >= 4 is 28.5 Å². The first-order valence-electron chi connectivity index (χ1n) is 10.4. The minimum atomic E-state index is -0.295. The Bertz CT molecular complexity index is 854. The maximum absolute atomic E-state index is 13.4. The lowest BCUT2D eigenvalue weighted by Gasteiger charge is -2.30. The molecule has 0 N–H and O–H groups in total. The third kappa shape index (κ3) is 5.81. The summed E-state index contributed by atoms with van der Waals surface area (Å²) in [4.78, 5) is 19.2. The Hall–Kier alpha value is -2.41.